The topological polar surface area (TPSA) is 87.7 Å². The Kier molecular flexibility index (Phi) is 6.24. The van der Waals surface area contributed by atoms with Crippen LogP contribution in [0.1, 0.15) is 39.0 Å². The van der Waals surface area contributed by atoms with Gasteiger partial charge in [0.05, 0.1) is 5.54 Å². The Labute approximate surface area is 113 Å². The van der Waals surface area contributed by atoms with Crippen molar-refractivity contribution in [3.05, 3.63) is 0 Å². The molecular weight excluding hydrogens is 248 g/mol. The monoisotopic (exact) mass is 272 g/mol. The lowest BCUT2D eigenvalue weighted by atomic mass is 9.90. The first kappa shape index (κ1) is 15.9. The zero-order chi connectivity index (χ0) is 14.3. The minimum atomic E-state index is -1.02. The molecule has 0 aromatic heterocycles. The second-order valence-corrected chi connectivity index (χ2v) is 5.01. The number of hydrogen-bond acceptors (Lipinski definition) is 4. The van der Waals surface area contributed by atoms with Crippen molar-refractivity contribution in [1.29, 1.82) is 0 Å². The number of carbonyl (C=O) groups excluding carboxylic acids is 1. The lowest BCUT2D eigenvalue weighted by Gasteiger charge is -2.29. The van der Waals surface area contributed by atoms with Crippen molar-refractivity contribution >= 4 is 11.9 Å². The Morgan fingerprint density at radius 3 is 2.74 bits per heavy atom. The third-order valence-corrected chi connectivity index (χ3v) is 3.57. The number of methoxy groups -OCH3 is 1. The molecule has 0 aliphatic carbocycles. The quantitative estimate of drug-likeness (QED) is 0.599. The predicted octanol–water partition coefficient (Wildman–Crippen LogP) is 0.515. The summed E-state index contributed by atoms with van der Waals surface area (Å²) < 4.78 is 4.87. The van der Waals surface area contributed by atoms with Crippen LogP contribution in [0.5, 0.6) is 0 Å². The fraction of sp³-hybridized carbons (Fsp3) is 0.846. The van der Waals surface area contributed by atoms with Gasteiger partial charge in [0.2, 0.25) is 5.91 Å². The second kappa shape index (κ2) is 7.45. The lowest BCUT2D eigenvalue weighted by Crippen LogP contribution is -2.57. The maximum absolute atomic E-state index is 12.4. The zero-order valence-corrected chi connectivity index (χ0v) is 11.7. The molecule has 1 fully saturated rings. The molecule has 19 heavy (non-hydrogen) atoms. The minimum absolute atomic E-state index is 0.199. The summed E-state index contributed by atoms with van der Waals surface area (Å²) in [6.45, 7) is 3.14. The molecule has 6 heteroatoms. The average Bonchev–Trinajstić information content (AvgIpc) is 2.84. The molecule has 1 heterocycles. The van der Waals surface area contributed by atoms with Gasteiger partial charge in [0.1, 0.15) is 6.04 Å². The highest BCUT2D eigenvalue weighted by molar-refractivity contribution is 5.90. The van der Waals surface area contributed by atoms with E-state index < -0.39 is 17.6 Å². The van der Waals surface area contributed by atoms with Gasteiger partial charge in [0, 0.05) is 20.1 Å². The summed E-state index contributed by atoms with van der Waals surface area (Å²) in [6.07, 6.45) is 3.61. The molecular formula is C13H24N2O4. The minimum Gasteiger partial charge on any atom is -0.480 e. The van der Waals surface area contributed by atoms with Crippen molar-refractivity contribution in [2.45, 2.75) is 50.6 Å². The van der Waals surface area contributed by atoms with Crippen LogP contribution in [0.15, 0.2) is 0 Å². The molecule has 1 saturated heterocycles. The molecule has 2 unspecified atom stereocenters. The summed E-state index contributed by atoms with van der Waals surface area (Å²) in [6, 6.07) is -0.886. The van der Waals surface area contributed by atoms with E-state index in [1.807, 2.05) is 6.92 Å². The molecule has 1 aliphatic heterocycles. The third kappa shape index (κ3) is 4.18. The summed E-state index contributed by atoms with van der Waals surface area (Å²) in [7, 11) is 1.51. The Morgan fingerprint density at radius 1 is 1.53 bits per heavy atom. The van der Waals surface area contributed by atoms with Crippen LogP contribution in [-0.4, -0.2) is 48.8 Å². The highest BCUT2D eigenvalue weighted by atomic mass is 16.5. The van der Waals surface area contributed by atoms with E-state index in [4.69, 9.17) is 9.84 Å². The Balaban J connectivity index is 2.65. The fourth-order valence-electron chi connectivity index (χ4n) is 2.54. The van der Waals surface area contributed by atoms with Gasteiger partial charge in [0.15, 0.2) is 0 Å². The van der Waals surface area contributed by atoms with E-state index in [9.17, 15) is 9.59 Å². The lowest BCUT2D eigenvalue weighted by molar-refractivity contribution is -0.143. The summed E-state index contributed by atoms with van der Waals surface area (Å²) in [4.78, 5) is 23.5. The summed E-state index contributed by atoms with van der Waals surface area (Å²) >= 11 is 0. The number of amides is 1. The van der Waals surface area contributed by atoms with Gasteiger partial charge < -0.3 is 20.5 Å². The first-order valence-corrected chi connectivity index (χ1v) is 6.83. The molecule has 0 bridgehead atoms. The highest BCUT2D eigenvalue weighted by Gasteiger charge is 2.41. The van der Waals surface area contributed by atoms with E-state index >= 15 is 0 Å². The molecule has 0 saturated carbocycles. The Bertz CT molecular complexity index is 314. The standard InChI is InChI=1S/C13H24N2O4/c1-3-6-13(7-4-8-14-13)12(18)15-10(11(16)17)5-9-19-2/h10,14H,3-9H2,1-2H3,(H,15,18)(H,16,17). The van der Waals surface area contributed by atoms with Crippen molar-refractivity contribution in [1.82, 2.24) is 10.6 Å². The van der Waals surface area contributed by atoms with Gasteiger partial charge >= 0.3 is 5.97 Å². The van der Waals surface area contributed by atoms with E-state index in [-0.39, 0.29) is 12.3 Å². The Hall–Kier alpha value is -1.14. The number of nitrogens with one attached hydrogen (secondary N) is 2. The maximum atomic E-state index is 12.4. The van der Waals surface area contributed by atoms with E-state index in [1.54, 1.807) is 0 Å². The first-order valence-electron chi connectivity index (χ1n) is 6.83. The van der Waals surface area contributed by atoms with Crippen LogP contribution in [0.25, 0.3) is 0 Å². The molecule has 0 spiro atoms. The molecule has 0 aromatic carbocycles. The van der Waals surface area contributed by atoms with E-state index in [0.717, 1.165) is 32.2 Å². The average molecular weight is 272 g/mol. The SMILES string of the molecule is CCCC1(C(=O)NC(CCOC)C(=O)O)CCCN1. The van der Waals surface area contributed by atoms with E-state index in [1.165, 1.54) is 7.11 Å². The van der Waals surface area contributed by atoms with Gasteiger partial charge in [-0.15, -0.1) is 0 Å². The third-order valence-electron chi connectivity index (χ3n) is 3.57. The van der Waals surface area contributed by atoms with Crippen molar-refractivity contribution < 1.29 is 19.4 Å². The van der Waals surface area contributed by atoms with Crippen LogP contribution in [0.3, 0.4) is 0 Å². The molecule has 6 nitrogen and oxygen atoms in total. The number of ether oxygens (including phenoxy) is 1. The van der Waals surface area contributed by atoms with Crippen LogP contribution in [0.2, 0.25) is 0 Å². The van der Waals surface area contributed by atoms with Crippen LogP contribution in [0.4, 0.5) is 0 Å². The van der Waals surface area contributed by atoms with Gasteiger partial charge in [0.25, 0.3) is 0 Å². The first-order chi connectivity index (χ1) is 9.05. The van der Waals surface area contributed by atoms with E-state index in [0.29, 0.717) is 6.61 Å². The van der Waals surface area contributed by atoms with Crippen molar-refractivity contribution in [2.24, 2.45) is 0 Å². The van der Waals surface area contributed by atoms with Gasteiger partial charge in [-0.2, -0.15) is 0 Å². The number of aliphatic carboxylic acids is 1. The predicted molar refractivity (Wildman–Crippen MR) is 70.9 cm³/mol. The zero-order valence-electron chi connectivity index (χ0n) is 11.7. The number of hydrogen-bond donors (Lipinski definition) is 3. The van der Waals surface area contributed by atoms with Crippen molar-refractivity contribution in [3.63, 3.8) is 0 Å². The van der Waals surface area contributed by atoms with Crippen LogP contribution >= 0.6 is 0 Å². The van der Waals surface area contributed by atoms with Crippen LogP contribution < -0.4 is 10.6 Å². The summed E-state index contributed by atoms with van der Waals surface area (Å²) in [5.74, 6) is -1.22. The highest BCUT2D eigenvalue weighted by Crippen LogP contribution is 2.25. The molecule has 2 atom stereocenters. The smallest absolute Gasteiger partial charge is 0.326 e. The second-order valence-electron chi connectivity index (χ2n) is 5.01. The molecule has 3 N–H and O–H groups in total. The van der Waals surface area contributed by atoms with Crippen LogP contribution in [0, 0.1) is 0 Å². The van der Waals surface area contributed by atoms with Gasteiger partial charge in [-0.25, -0.2) is 4.79 Å². The molecule has 0 radical (unpaired) electrons. The summed E-state index contributed by atoms with van der Waals surface area (Å²) in [5.41, 5.74) is -0.588. The Morgan fingerprint density at radius 2 is 2.26 bits per heavy atom. The number of carbonyl (C=O) groups is 2. The van der Waals surface area contributed by atoms with Crippen molar-refractivity contribution in [3.8, 4) is 0 Å². The molecule has 1 aliphatic rings. The number of rotatable bonds is 8. The van der Waals surface area contributed by atoms with Gasteiger partial charge in [-0.1, -0.05) is 13.3 Å². The fourth-order valence-corrected chi connectivity index (χ4v) is 2.54. The normalized spacial score (nSPS) is 24.1. The summed E-state index contributed by atoms with van der Waals surface area (Å²) in [5, 5.41) is 15.0. The maximum Gasteiger partial charge on any atom is 0.326 e. The molecule has 0 aromatic rings. The molecule has 1 amide bonds. The van der Waals surface area contributed by atoms with Crippen molar-refractivity contribution in [2.75, 3.05) is 20.3 Å². The molecule has 1 rings (SSSR count). The molecule has 110 valence electrons. The number of carboxylic acid groups (broad SMARTS) is 1. The van der Waals surface area contributed by atoms with Crippen LogP contribution in [-0.2, 0) is 14.3 Å². The van der Waals surface area contributed by atoms with Gasteiger partial charge in [-0.05, 0) is 25.8 Å². The van der Waals surface area contributed by atoms with Gasteiger partial charge in [-0.3, -0.25) is 4.79 Å². The number of carboxylic acids is 1. The van der Waals surface area contributed by atoms with E-state index in [2.05, 4.69) is 10.6 Å². The largest absolute Gasteiger partial charge is 0.480 e.